The molecule has 0 radical (unpaired) electrons. The van der Waals surface area contributed by atoms with E-state index in [4.69, 9.17) is 26.8 Å². The van der Waals surface area contributed by atoms with Crippen molar-refractivity contribution < 1.29 is 28.7 Å². The number of ether oxygens (including phenoxy) is 2. The van der Waals surface area contributed by atoms with E-state index in [0.29, 0.717) is 24.3 Å². The van der Waals surface area contributed by atoms with Crippen LogP contribution in [0.15, 0.2) is 71.2 Å². The van der Waals surface area contributed by atoms with Crippen LogP contribution in [-0.4, -0.2) is 42.9 Å². The maximum absolute atomic E-state index is 12.9. The van der Waals surface area contributed by atoms with Crippen molar-refractivity contribution in [2.24, 2.45) is 23.0 Å². The van der Waals surface area contributed by atoms with Crippen LogP contribution in [0.3, 0.4) is 0 Å². The molecular weight excluding hydrogens is 558 g/mol. The van der Waals surface area contributed by atoms with E-state index in [0.717, 1.165) is 5.57 Å². The summed E-state index contributed by atoms with van der Waals surface area (Å²) in [6, 6.07) is -0.792. The molecule has 0 aliphatic carbocycles. The van der Waals surface area contributed by atoms with Gasteiger partial charge in [-0.05, 0) is 50.3 Å². The van der Waals surface area contributed by atoms with E-state index in [1.54, 1.807) is 31.2 Å². The number of nitrogens with one attached hydrogen (secondary N) is 2. The lowest BCUT2D eigenvalue weighted by molar-refractivity contribution is -0.151. The number of carbonyl (C=O) groups is 4. The highest BCUT2D eigenvalue weighted by Crippen LogP contribution is 2.23. The molecule has 42 heavy (non-hydrogen) atoms. The summed E-state index contributed by atoms with van der Waals surface area (Å²) in [5.74, 6) is -1.45. The van der Waals surface area contributed by atoms with Gasteiger partial charge in [-0.25, -0.2) is 4.79 Å². The summed E-state index contributed by atoms with van der Waals surface area (Å²) >= 11 is 5.90. The molecule has 4 atom stereocenters. The Morgan fingerprint density at radius 1 is 1.19 bits per heavy atom. The Morgan fingerprint density at radius 2 is 1.86 bits per heavy atom. The molecule has 3 amide bonds. The van der Waals surface area contributed by atoms with Crippen LogP contribution >= 0.6 is 11.6 Å². The van der Waals surface area contributed by atoms with Gasteiger partial charge in [-0.2, -0.15) is 0 Å². The van der Waals surface area contributed by atoms with E-state index in [9.17, 15) is 19.2 Å². The lowest BCUT2D eigenvalue weighted by Crippen LogP contribution is -2.52. The average Bonchev–Trinajstić information content (AvgIpc) is 2.89. The molecule has 0 saturated heterocycles. The van der Waals surface area contributed by atoms with Crippen molar-refractivity contribution in [2.45, 2.75) is 79.4 Å². The second-order valence-electron chi connectivity index (χ2n) is 11.5. The molecular formula is C32H46ClN3O6. The number of primary amides is 1. The Morgan fingerprint density at radius 3 is 2.43 bits per heavy atom. The molecule has 0 fully saturated rings. The SMILES string of the molecule is COC1=CCC(C(C)/C=C(C)/C=C\C=C\C(=O)NC(C(=O)N/C=C\CC(C/C=C(\C)Cl)CC(N)=O)C(C)(C)C)OC1=O. The van der Waals surface area contributed by atoms with Crippen LogP contribution in [0.5, 0.6) is 0 Å². The summed E-state index contributed by atoms with van der Waals surface area (Å²) < 4.78 is 10.4. The number of cyclic esters (lactones) is 1. The van der Waals surface area contributed by atoms with Crippen molar-refractivity contribution in [1.29, 1.82) is 0 Å². The van der Waals surface area contributed by atoms with Crippen LogP contribution in [0.4, 0.5) is 0 Å². The van der Waals surface area contributed by atoms with Gasteiger partial charge in [0.25, 0.3) is 0 Å². The molecule has 1 rings (SSSR count). The van der Waals surface area contributed by atoms with Gasteiger partial charge in [0.2, 0.25) is 17.7 Å². The number of amides is 3. The van der Waals surface area contributed by atoms with Crippen LogP contribution in [0.1, 0.15) is 67.2 Å². The topological polar surface area (TPSA) is 137 Å². The molecule has 0 spiro atoms. The van der Waals surface area contributed by atoms with E-state index in [1.807, 2.05) is 52.8 Å². The number of rotatable bonds is 15. The zero-order chi connectivity index (χ0) is 31.9. The number of nitrogens with two attached hydrogens (primary N) is 1. The first-order chi connectivity index (χ1) is 19.6. The fraction of sp³-hybridized carbons (Fsp3) is 0.500. The maximum atomic E-state index is 12.9. The minimum absolute atomic E-state index is 0.0126. The van der Waals surface area contributed by atoms with E-state index in [-0.39, 0.29) is 36.0 Å². The predicted molar refractivity (Wildman–Crippen MR) is 166 cm³/mol. The van der Waals surface area contributed by atoms with Crippen molar-refractivity contribution in [3.63, 3.8) is 0 Å². The zero-order valence-electron chi connectivity index (χ0n) is 25.7. The highest BCUT2D eigenvalue weighted by Gasteiger charge is 2.32. The van der Waals surface area contributed by atoms with Crippen molar-refractivity contribution in [1.82, 2.24) is 10.6 Å². The molecule has 1 aliphatic rings. The molecule has 4 N–H and O–H groups in total. The fourth-order valence-electron chi connectivity index (χ4n) is 4.19. The Balaban J connectivity index is 2.70. The van der Waals surface area contributed by atoms with Gasteiger partial charge in [-0.1, -0.05) is 81.3 Å². The van der Waals surface area contributed by atoms with E-state index in [2.05, 4.69) is 10.6 Å². The molecule has 0 bridgehead atoms. The van der Waals surface area contributed by atoms with Crippen molar-refractivity contribution in [3.05, 3.63) is 71.2 Å². The summed E-state index contributed by atoms with van der Waals surface area (Å²) in [5.41, 5.74) is 5.74. The number of hydrogen-bond acceptors (Lipinski definition) is 6. The summed E-state index contributed by atoms with van der Waals surface area (Å²) in [6.07, 6.45) is 17.0. The molecule has 9 nitrogen and oxygen atoms in total. The van der Waals surface area contributed by atoms with Crippen molar-refractivity contribution >= 4 is 35.3 Å². The Bertz CT molecular complexity index is 1140. The Kier molecular flexibility index (Phi) is 15.7. The summed E-state index contributed by atoms with van der Waals surface area (Å²) in [4.78, 5) is 48.8. The number of carbonyl (C=O) groups excluding carboxylic acids is 4. The number of hydrogen-bond donors (Lipinski definition) is 3. The normalized spacial score (nSPS) is 18.9. The molecule has 0 aromatic heterocycles. The van der Waals surface area contributed by atoms with Gasteiger partial charge in [0, 0.05) is 29.9 Å². The van der Waals surface area contributed by atoms with Gasteiger partial charge in [-0.15, -0.1) is 0 Å². The fourth-order valence-corrected chi connectivity index (χ4v) is 4.28. The maximum Gasteiger partial charge on any atom is 0.373 e. The third-order valence-corrected chi connectivity index (χ3v) is 6.65. The highest BCUT2D eigenvalue weighted by atomic mass is 35.5. The lowest BCUT2D eigenvalue weighted by atomic mass is 9.86. The molecule has 0 saturated carbocycles. The number of methoxy groups -OCH3 is 1. The third-order valence-electron chi connectivity index (χ3n) is 6.50. The summed E-state index contributed by atoms with van der Waals surface area (Å²) in [7, 11) is 1.44. The standard InChI is InChI=1S/C32H46ClN3O6/c1-21(19-22(2)25-16-17-26(41-7)31(40)42-25)11-8-9-13-28(38)36-29(32(4,5)6)30(39)35-18-10-12-24(20-27(34)37)15-14-23(3)33/h8-11,13-14,17-19,22,24-25,29H,12,15-16,20H2,1-7H3,(H2,34,37)(H,35,39)(H,36,38)/b11-8-,13-9+,18-10-,21-19+,23-14+. The average molecular weight is 604 g/mol. The first-order valence-electron chi connectivity index (χ1n) is 14.0. The van der Waals surface area contributed by atoms with Gasteiger partial charge in [0.1, 0.15) is 12.1 Å². The second kappa shape index (κ2) is 18.1. The first kappa shape index (κ1) is 36.4. The predicted octanol–water partition coefficient (Wildman–Crippen LogP) is 5.10. The minimum atomic E-state index is -0.792. The van der Waals surface area contributed by atoms with Gasteiger partial charge in [-0.3, -0.25) is 14.4 Å². The molecule has 4 unspecified atom stereocenters. The minimum Gasteiger partial charge on any atom is -0.490 e. The second-order valence-corrected chi connectivity index (χ2v) is 12.1. The zero-order valence-corrected chi connectivity index (χ0v) is 26.5. The van der Waals surface area contributed by atoms with E-state index in [1.165, 1.54) is 19.4 Å². The van der Waals surface area contributed by atoms with Crippen LogP contribution < -0.4 is 16.4 Å². The van der Waals surface area contributed by atoms with Crippen molar-refractivity contribution in [3.8, 4) is 0 Å². The first-order valence-corrected chi connectivity index (χ1v) is 14.4. The third kappa shape index (κ3) is 14.3. The quantitative estimate of drug-likeness (QED) is 0.135. The van der Waals surface area contributed by atoms with Gasteiger partial charge in [0.15, 0.2) is 5.76 Å². The van der Waals surface area contributed by atoms with Crippen LogP contribution in [0.2, 0.25) is 0 Å². The largest absolute Gasteiger partial charge is 0.490 e. The van der Waals surface area contributed by atoms with Crippen LogP contribution in [-0.2, 0) is 28.7 Å². The van der Waals surface area contributed by atoms with Crippen LogP contribution in [0.25, 0.3) is 0 Å². The Hall–Kier alpha value is -3.59. The van der Waals surface area contributed by atoms with Crippen LogP contribution in [0, 0.1) is 17.3 Å². The number of allylic oxidation sites excluding steroid dienone is 7. The monoisotopic (exact) mass is 603 g/mol. The number of halogens is 1. The van der Waals surface area contributed by atoms with E-state index < -0.39 is 29.2 Å². The Labute approximate surface area is 255 Å². The molecule has 232 valence electrons. The smallest absolute Gasteiger partial charge is 0.373 e. The van der Waals surface area contributed by atoms with Crippen molar-refractivity contribution in [2.75, 3.05) is 7.11 Å². The highest BCUT2D eigenvalue weighted by molar-refractivity contribution is 6.29. The lowest BCUT2D eigenvalue weighted by Gasteiger charge is -2.29. The molecule has 10 heteroatoms. The molecule has 0 aromatic carbocycles. The summed E-state index contributed by atoms with van der Waals surface area (Å²) in [6.45, 7) is 11.2. The van der Waals surface area contributed by atoms with E-state index >= 15 is 0 Å². The van der Waals surface area contributed by atoms with Gasteiger partial charge >= 0.3 is 5.97 Å². The number of esters is 1. The molecule has 1 aliphatic heterocycles. The van der Waals surface area contributed by atoms with Gasteiger partial charge in [0.05, 0.1) is 7.11 Å². The molecule has 0 aromatic rings. The van der Waals surface area contributed by atoms with Gasteiger partial charge < -0.3 is 25.8 Å². The summed E-state index contributed by atoms with van der Waals surface area (Å²) in [5, 5.41) is 6.14. The molecule has 1 heterocycles.